The first kappa shape index (κ1) is 12.6. The molecule has 0 aliphatic heterocycles. The van der Waals surface area contributed by atoms with Gasteiger partial charge in [0.05, 0.1) is 13.2 Å². The van der Waals surface area contributed by atoms with Crippen LogP contribution >= 0.6 is 0 Å². The van der Waals surface area contributed by atoms with Crippen molar-refractivity contribution < 1.29 is 19.0 Å². The molecule has 16 heavy (non-hydrogen) atoms. The summed E-state index contributed by atoms with van der Waals surface area (Å²) in [7, 11) is 0. The zero-order valence-electron chi connectivity index (χ0n) is 9.15. The number of ether oxygens (including phenoxy) is 1. The Bertz CT molecular complexity index is 333. The third-order valence-corrected chi connectivity index (χ3v) is 2.49. The van der Waals surface area contributed by atoms with Crippen molar-refractivity contribution in [3.8, 4) is 0 Å². The molecular weight excluding hydrogens is 211 g/mol. The summed E-state index contributed by atoms with van der Waals surface area (Å²) < 4.78 is 17.9. The molecule has 1 atom stereocenters. The molecule has 1 rings (SSSR count). The van der Waals surface area contributed by atoms with Crippen molar-refractivity contribution in [3.63, 3.8) is 0 Å². The topological polar surface area (TPSA) is 46.5 Å². The van der Waals surface area contributed by atoms with Crippen LogP contribution < -0.4 is 0 Å². The standard InChI is InChI=1S/C12H15FO3/c1-2-16-11(15)12(8-13,9-14)10-6-4-3-5-7-10/h3-7,14H,2,8-9H2,1H3/t12-/m1/s1. The first-order chi connectivity index (χ1) is 7.71. The van der Waals surface area contributed by atoms with E-state index in [2.05, 4.69) is 0 Å². The fraction of sp³-hybridized carbons (Fsp3) is 0.417. The highest BCUT2D eigenvalue weighted by atomic mass is 19.1. The number of rotatable bonds is 5. The molecule has 0 spiro atoms. The Hall–Kier alpha value is -1.42. The van der Waals surface area contributed by atoms with E-state index in [0.717, 1.165) is 0 Å². The van der Waals surface area contributed by atoms with Gasteiger partial charge in [-0.25, -0.2) is 4.39 Å². The lowest BCUT2D eigenvalue weighted by Gasteiger charge is -2.26. The molecule has 0 heterocycles. The Labute approximate surface area is 93.9 Å². The van der Waals surface area contributed by atoms with E-state index >= 15 is 0 Å². The summed E-state index contributed by atoms with van der Waals surface area (Å²) in [4.78, 5) is 11.7. The van der Waals surface area contributed by atoms with Crippen molar-refractivity contribution in [1.29, 1.82) is 0 Å². The van der Waals surface area contributed by atoms with Gasteiger partial charge in [-0.15, -0.1) is 0 Å². The maximum atomic E-state index is 13.1. The Morgan fingerprint density at radius 2 is 2.06 bits per heavy atom. The molecule has 0 saturated heterocycles. The molecule has 0 fully saturated rings. The minimum Gasteiger partial charge on any atom is -0.465 e. The zero-order chi connectivity index (χ0) is 12.0. The van der Waals surface area contributed by atoms with Crippen LogP contribution in [-0.4, -0.2) is 31.0 Å². The summed E-state index contributed by atoms with van der Waals surface area (Å²) in [5.74, 6) is -0.730. The van der Waals surface area contributed by atoms with Crippen LogP contribution in [0.1, 0.15) is 12.5 Å². The van der Waals surface area contributed by atoms with Gasteiger partial charge in [0.1, 0.15) is 12.1 Å². The van der Waals surface area contributed by atoms with Crippen LogP contribution in [0.25, 0.3) is 0 Å². The first-order valence-electron chi connectivity index (χ1n) is 5.11. The van der Waals surface area contributed by atoms with E-state index in [4.69, 9.17) is 4.74 Å². The van der Waals surface area contributed by atoms with Crippen LogP contribution in [0.2, 0.25) is 0 Å². The average Bonchev–Trinajstić information content (AvgIpc) is 2.33. The smallest absolute Gasteiger partial charge is 0.321 e. The quantitative estimate of drug-likeness (QED) is 0.773. The van der Waals surface area contributed by atoms with E-state index < -0.39 is 24.7 Å². The van der Waals surface area contributed by atoms with Gasteiger partial charge < -0.3 is 9.84 Å². The molecule has 88 valence electrons. The fourth-order valence-corrected chi connectivity index (χ4v) is 1.47. The number of carbonyl (C=O) groups excluding carboxylic acids is 1. The van der Waals surface area contributed by atoms with Crippen molar-refractivity contribution in [3.05, 3.63) is 35.9 Å². The molecule has 0 aromatic heterocycles. The Kier molecular flexibility index (Phi) is 4.43. The second-order valence-electron chi connectivity index (χ2n) is 3.46. The maximum Gasteiger partial charge on any atom is 0.321 e. The summed E-state index contributed by atoms with van der Waals surface area (Å²) in [5, 5.41) is 9.29. The van der Waals surface area contributed by atoms with Crippen LogP contribution in [-0.2, 0) is 14.9 Å². The lowest BCUT2D eigenvalue weighted by Crippen LogP contribution is -2.43. The normalized spacial score (nSPS) is 14.2. The summed E-state index contributed by atoms with van der Waals surface area (Å²) in [6.07, 6.45) is 0. The number of aliphatic hydroxyl groups is 1. The predicted molar refractivity (Wildman–Crippen MR) is 57.8 cm³/mol. The summed E-state index contributed by atoms with van der Waals surface area (Å²) in [5.41, 5.74) is -1.16. The number of halogens is 1. The van der Waals surface area contributed by atoms with E-state index in [-0.39, 0.29) is 6.61 Å². The van der Waals surface area contributed by atoms with Crippen molar-refractivity contribution in [1.82, 2.24) is 0 Å². The van der Waals surface area contributed by atoms with E-state index in [9.17, 15) is 14.3 Å². The summed E-state index contributed by atoms with van der Waals surface area (Å²) >= 11 is 0. The van der Waals surface area contributed by atoms with Crippen LogP contribution in [0.4, 0.5) is 4.39 Å². The third-order valence-electron chi connectivity index (χ3n) is 2.49. The number of aliphatic hydroxyl groups excluding tert-OH is 1. The van der Waals surface area contributed by atoms with Gasteiger partial charge in [-0.05, 0) is 12.5 Å². The second kappa shape index (κ2) is 5.61. The molecule has 0 saturated carbocycles. The second-order valence-corrected chi connectivity index (χ2v) is 3.46. The van der Waals surface area contributed by atoms with Crippen LogP contribution in [0.3, 0.4) is 0 Å². The van der Waals surface area contributed by atoms with E-state index in [1.54, 1.807) is 37.3 Å². The average molecular weight is 226 g/mol. The molecule has 1 aromatic rings. The lowest BCUT2D eigenvalue weighted by molar-refractivity contribution is -0.152. The number of carbonyl (C=O) groups is 1. The van der Waals surface area contributed by atoms with Crippen LogP contribution in [0.15, 0.2) is 30.3 Å². The fourth-order valence-electron chi connectivity index (χ4n) is 1.47. The summed E-state index contributed by atoms with van der Waals surface area (Å²) in [6, 6.07) is 8.34. The van der Waals surface area contributed by atoms with Gasteiger partial charge >= 0.3 is 5.97 Å². The molecular formula is C12H15FO3. The molecule has 0 unspecified atom stereocenters. The lowest BCUT2D eigenvalue weighted by atomic mass is 9.82. The van der Waals surface area contributed by atoms with Gasteiger partial charge in [0.25, 0.3) is 0 Å². The molecule has 0 aliphatic carbocycles. The first-order valence-corrected chi connectivity index (χ1v) is 5.11. The van der Waals surface area contributed by atoms with Gasteiger partial charge in [-0.2, -0.15) is 0 Å². The molecule has 0 bridgehead atoms. The monoisotopic (exact) mass is 226 g/mol. The highest BCUT2D eigenvalue weighted by Crippen LogP contribution is 2.26. The number of hydrogen-bond acceptors (Lipinski definition) is 3. The van der Waals surface area contributed by atoms with E-state index in [1.165, 1.54) is 0 Å². The minimum atomic E-state index is -1.59. The third kappa shape index (κ3) is 2.22. The van der Waals surface area contributed by atoms with Gasteiger partial charge in [-0.1, -0.05) is 30.3 Å². The van der Waals surface area contributed by atoms with Crippen LogP contribution in [0.5, 0.6) is 0 Å². The van der Waals surface area contributed by atoms with Crippen molar-refractivity contribution in [2.75, 3.05) is 19.9 Å². The van der Waals surface area contributed by atoms with E-state index in [1.807, 2.05) is 0 Å². The highest BCUT2D eigenvalue weighted by Gasteiger charge is 2.41. The number of hydrogen-bond donors (Lipinski definition) is 1. The number of benzene rings is 1. The molecule has 1 N–H and O–H groups in total. The van der Waals surface area contributed by atoms with Crippen molar-refractivity contribution >= 4 is 5.97 Å². The summed E-state index contributed by atoms with van der Waals surface area (Å²) in [6.45, 7) is 0.218. The molecule has 4 heteroatoms. The molecule has 1 aromatic carbocycles. The van der Waals surface area contributed by atoms with Crippen LogP contribution in [0, 0.1) is 0 Å². The van der Waals surface area contributed by atoms with Gasteiger partial charge in [0, 0.05) is 0 Å². The minimum absolute atomic E-state index is 0.160. The van der Waals surface area contributed by atoms with Crippen molar-refractivity contribution in [2.24, 2.45) is 0 Å². The Balaban J connectivity index is 3.10. The van der Waals surface area contributed by atoms with Gasteiger partial charge in [0.2, 0.25) is 0 Å². The Morgan fingerprint density at radius 1 is 1.44 bits per heavy atom. The largest absolute Gasteiger partial charge is 0.465 e. The zero-order valence-corrected chi connectivity index (χ0v) is 9.15. The van der Waals surface area contributed by atoms with Gasteiger partial charge in [0.15, 0.2) is 0 Å². The van der Waals surface area contributed by atoms with E-state index in [0.29, 0.717) is 5.56 Å². The molecule has 0 aliphatic rings. The number of esters is 1. The Morgan fingerprint density at radius 3 is 2.50 bits per heavy atom. The number of alkyl halides is 1. The predicted octanol–water partition coefficient (Wildman–Crippen LogP) is 1.45. The maximum absolute atomic E-state index is 13.1. The molecule has 3 nitrogen and oxygen atoms in total. The molecule has 0 amide bonds. The molecule has 0 radical (unpaired) electrons. The highest BCUT2D eigenvalue weighted by molar-refractivity contribution is 5.83. The van der Waals surface area contributed by atoms with Gasteiger partial charge in [-0.3, -0.25) is 4.79 Å². The van der Waals surface area contributed by atoms with Crippen molar-refractivity contribution in [2.45, 2.75) is 12.3 Å². The SMILES string of the molecule is CCOC(=O)[C@@](CO)(CF)c1ccccc1.